The first-order valence-corrected chi connectivity index (χ1v) is 4.18. The Balaban J connectivity index is 0.00000196. The van der Waals surface area contributed by atoms with E-state index in [1.54, 1.807) is 0 Å². The van der Waals surface area contributed by atoms with Crippen molar-refractivity contribution in [2.75, 3.05) is 6.54 Å². The molecule has 0 saturated heterocycles. The lowest BCUT2D eigenvalue weighted by molar-refractivity contribution is -0.397. The number of aliphatic hydroxyl groups is 1. The van der Waals surface area contributed by atoms with Gasteiger partial charge < -0.3 is 21.0 Å². The molecule has 0 aromatic carbocycles. The van der Waals surface area contributed by atoms with Gasteiger partial charge >= 0.3 is 5.95 Å². The van der Waals surface area contributed by atoms with Crippen molar-refractivity contribution in [1.29, 1.82) is 0 Å². The van der Waals surface area contributed by atoms with Crippen LogP contribution < -0.4 is 5.73 Å². The molecule has 8 heteroatoms. The summed E-state index contributed by atoms with van der Waals surface area (Å²) in [5.41, 5.74) is 5.24. The summed E-state index contributed by atoms with van der Waals surface area (Å²) in [6.07, 6.45) is 2.52. The Morgan fingerprint density at radius 3 is 2.93 bits per heavy atom. The fraction of sp³-hybridized carbons (Fsp3) is 0.571. The van der Waals surface area contributed by atoms with Crippen LogP contribution in [-0.2, 0) is 6.54 Å². The molecule has 1 unspecified atom stereocenters. The van der Waals surface area contributed by atoms with Crippen molar-refractivity contribution in [2.45, 2.75) is 19.1 Å². The van der Waals surface area contributed by atoms with Gasteiger partial charge in [-0.15, -0.1) is 12.4 Å². The van der Waals surface area contributed by atoms with E-state index in [2.05, 4.69) is 4.98 Å². The van der Waals surface area contributed by atoms with Crippen molar-refractivity contribution in [3.05, 3.63) is 22.5 Å². The van der Waals surface area contributed by atoms with Gasteiger partial charge in [-0.05, 0) is 17.9 Å². The second-order valence-electron chi connectivity index (χ2n) is 2.87. The van der Waals surface area contributed by atoms with Gasteiger partial charge in [0.1, 0.15) is 12.4 Å². The van der Waals surface area contributed by atoms with Crippen LogP contribution in [0.25, 0.3) is 0 Å². The maximum absolute atomic E-state index is 10.4. The molecule has 7 nitrogen and oxygen atoms in total. The lowest BCUT2D eigenvalue weighted by Crippen LogP contribution is -2.20. The third kappa shape index (κ3) is 3.82. The SMILES string of the molecule is Cl.NCCC(O)Cn1ccnc1[N+](=O)[O-]. The van der Waals surface area contributed by atoms with E-state index < -0.39 is 11.0 Å². The van der Waals surface area contributed by atoms with Crippen LogP contribution in [0.15, 0.2) is 12.4 Å². The first-order chi connectivity index (χ1) is 6.65. The van der Waals surface area contributed by atoms with Gasteiger partial charge in [0.15, 0.2) is 0 Å². The number of rotatable bonds is 5. The van der Waals surface area contributed by atoms with E-state index in [9.17, 15) is 15.2 Å². The molecule has 0 aliphatic heterocycles. The molecule has 1 aromatic rings. The summed E-state index contributed by atoms with van der Waals surface area (Å²) in [5.74, 6) is -0.263. The third-order valence-corrected chi connectivity index (χ3v) is 1.76. The second-order valence-corrected chi connectivity index (χ2v) is 2.87. The Hall–Kier alpha value is -1.18. The van der Waals surface area contributed by atoms with Gasteiger partial charge in [-0.25, -0.2) is 4.57 Å². The van der Waals surface area contributed by atoms with Crippen LogP contribution in [0.3, 0.4) is 0 Å². The zero-order valence-electron chi connectivity index (χ0n) is 7.94. The summed E-state index contributed by atoms with van der Waals surface area (Å²) in [6, 6.07) is 0. The van der Waals surface area contributed by atoms with Crippen LogP contribution >= 0.6 is 12.4 Å². The van der Waals surface area contributed by atoms with Gasteiger partial charge in [-0.3, -0.25) is 0 Å². The van der Waals surface area contributed by atoms with Gasteiger partial charge in [0, 0.05) is 0 Å². The van der Waals surface area contributed by atoms with Crippen LogP contribution in [0.2, 0.25) is 0 Å². The molecule has 1 aromatic heterocycles. The van der Waals surface area contributed by atoms with Crippen LogP contribution in [0.5, 0.6) is 0 Å². The molecule has 0 bridgehead atoms. The number of nitrogens with zero attached hydrogens (tertiary/aromatic N) is 3. The zero-order chi connectivity index (χ0) is 10.6. The number of aliphatic hydroxyl groups excluding tert-OH is 1. The predicted octanol–water partition coefficient (Wildman–Crippen LogP) is -0.0772. The number of hydrogen-bond acceptors (Lipinski definition) is 5. The monoisotopic (exact) mass is 236 g/mol. The normalized spacial score (nSPS) is 11.9. The second kappa shape index (κ2) is 6.33. The maximum Gasteiger partial charge on any atom is 0.434 e. The molecule has 0 fully saturated rings. The van der Waals surface area contributed by atoms with E-state index in [0.29, 0.717) is 13.0 Å². The first-order valence-electron chi connectivity index (χ1n) is 4.18. The Labute approximate surface area is 92.5 Å². The van der Waals surface area contributed by atoms with Gasteiger partial charge in [0.25, 0.3) is 0 Å². The van der Waals surface area contributed by atoms with E-state index >= 15 is 0 Å². The molecule has 0 amide bonds. The average Bonchev–Trinajstić information content (AvgIpc) is 2.52. The Bertz CT molecular complexity index is 317. The minimum atomic E-state index is -0.673. The van der Waals surface area contributed by atoms with Crippen molar-refractivity contribution in [2.24, 2.45) is 5.73 Å². The maximum atomic E-state index is 10.4. The first kappa shape index (κ1) is 13.8. The standard InChI is InChI=1S/C7H12N4O3.ClH/c8-2-1-6(12)5-10-4-3-9-7(10)11(13)14;/h3-4,6,12H,1-2,5,8H2;1H. The Kier molecular flexibility index (Phi) is 5.83. The largest absolute Gasteiger partial charge is 0.434 e. The minimum absolute atomic E-state index is 0. The number of nitrogens with two attached hydrogens (primary N) is 1. The Morgan fingerprint density at radius 1 is 1.73 bits per heavy atom. The van der Waals surface area contributed by atoms with Crippen molar-refractivity contribution >= 4 is 18.4 Å². The lowest BCUT2D eigenvalue weighted by Gasteiger charge is -2.07. The van der Waals surface area contributed by atoms with E-state index in [1.165, 1.54) is 17.0 Å². The van der Waals surface area contributed by atoms with Crippen molar-refractivity contribution in [1.82, 2.24) is 9.55 Å². The van der Waals surface area contributed by atoms with Gasteiger partial charge in [0.2, 0.25) is 0 Å². The summed E-state index contributed by atoms with van der Waals surface area (Å²) in [6.45, 7) is 0.497. The number of aromatic nitrogens is 2. The number of halogens is 1. The quantitative estimate of drug-likeness (QED) is 0.549. The highest BCUT2D eigenvalue weighted by molar-refractivity contribution is 5.85. The molecular formula is C7H13ClN4O3. The van der Waals surface area contributed by atoms with E-state index in [0.717, 1.165) is 0 Å². The molecule has 86 valence electrons. The van der Waals surface area contributed by atoms with Gasteiger partial charge in [0.05, 0.1) is 12.6 Å². The smallest absolute Gasteiger partial charge is 0.390 e. The lowest BCUT2D eigenvalue weighted by atomic mass is 10.2. The van der Waals surface area contributed by atoms with Crippen molar-refractivity contribution in [3.63, 3.8) is 0 Å². The number of imidazole rings is 1. The number of nitro groups is 1. The fourth-order valence-corrected chi connectivity index (χ4v) is 1.13. The minimum Gasteiger partial charge on any atom is -0.390 e. The molecule has 1 atom stereocenters. The van der Waals surface area contributed by atoms with Gasteiger partial charge in [-0.1, -0.05) is 4.98 Å². The zero-order valence-corrected chi connectivity index (χ0v) is 8.76. The molecule has 1 heterocycles. The summed E-state index contributed by atoms with van der Waals surface area (Å²) >= 11 is 0. The topological polar surface area (TPSA) is 107 Å². The van der Waals surface area contributed by atoms with Gasteiger partial charge in [-0.2, -0.15) is 0 Å². The number of hydrogen-bond donors (Lipinski definition) is 2. The van der Waals surface area contributed by atoms with Crippen LogP contribution in [-0.4, -0.2) is 32.2 Å². The molecule has 15 heavy (non-hydrogen) atoms. The average molecular weight is 237 g/mol. The summed E-state index contributed by atoms with van der Waals surface area (Å²) in [5, 5.41) is 19.8. The molecular weight excluding hydrogens is 224 g/mol. The van der Waals surface area contributed by atoms with Crippen molar-refractivity contribution in [3.8, 4) is 0 Å². The molecule has 0 aliphatic carbocycles. The summed E-state index contributed by atoms with van der Waals surface area (Å²) < 4.78 is 1.29. The fourth-order valence-electron chi connectivity index (χ4n) is 1.13. The molecule has 0 saturated carbocycles. The highest BCUT2D eigenvalue weighted by Gasteiger charge is 2.16. The Morgan fingerprint density at radius 2 is 2.40 bits per heavy atom. The predicted molar refractivity (Wildman–Crippen MR) is 55.8 cm³/mol. The van der Waals surface area contributed by atoms with E-state index in [4.69, 9.17) is 5.73 Å². The summed E-state index contributed by atoms with van der Waals surface area (Å²) in [4.78, 5) is 13.4. The van der Waals surface area contributed by atoms with Crippen LogP contribution in [0, 0.1) is 10.1 Å². The van der Waals surface area contributed by atoms with E-state index in [1.807, 2.05) is 0 Å². The van der Waals surface area contributed by atoms with Crippen molar-refractivity contribution < 1.29 is 10.0 Å². The van der Waals surface area contributed by atoms with Crippen LogP contribution in [0.4, 0.5) is 5.95 Å². The molecule has 0 spiro atoms. The highest BCUT2D eigenvalue weighted by Crippen LogP contribution is 2.08. The molecule has 3 N–H and O–H groups in total. The molecule has 1 rings (SSSR count). The van der Waals surface area contributed by atoms with Crippen LogP contribution in [0.1, 0.15) is 6.42 Å². The molecule has 0 radical (unpaired) electrons. The summed E-state index contributed by atoms with van der Waals surface area (Å²) in [7, 11) is 0. The molecule has 0 aliphatic rings. The van der Waals surface area contributed by atoms with E-state index in [-0.39, 0.29) is 24.9 Å². The highest BCUT2D eigenvalue weighted by atomic mass is 35.5. The third-order valence-electron chi connectivity index (χ3n) is 1.76.